The van der Waals surface area contributed by atoms with Gasteiger partial charge in [-0.15, -0.1) is 0 Å². The molecule has 0 atom stereocenters. The Morgan fingerprint density at radius 1 is 1.28 bits per heavy atom. The molecule has 0 amide bonds. The number of nitrogen functional groups attached to an aromatic ring is 1. The highest BCUT2D eigenvalue weighted by molar-refractivity contribution is 9.10. The zero-order chi connectivity index (χ0) is 13.1. The van der Waals surface area contributed by atoms with E-state index >= 15 is 0 Å². The summed E-state index contributed by atoms with van der Waals surface area (Å²) in [4.78, 5) is 0. The van der Waals surface area contributed by atoms with Gasteiger partial charge in [0.1, 0.15) is 18.2 Å². The lowest BCUT2D eigenvalue weighted by molar-refractivity contribution is 0.303. The van der Waals surface area contributed by atoms with E-state index in [1.54, 1.807) is 12.1 Å². The number of hydrogen-bond donors (Lipinski definition) is 1. The molecule has 0 unspecified atom stereocenters. The van der Waals surface area contributed by atoms with E-state index in [9.17, 15) is 4.39 Å². The van der Waals surface area contributed by atoms with Gasteiger partial charge in [-0.1, -0.05) is 18.2 Å². The number of rotatable bonds is 3. The summed E-state index contributed by atoms with van der Waals surface area (Å²) in [5.74, 6) is 0.423. The third kappa shape index (κ3) is 2.82. The Kier molecular flexibility index (Phi) is 3.87. The molecule has 2 rings (SSSR count). The molecular formula is C14H13BrFNO. The maximum Gasteiger partial charge on any atom is 0.137 e. The summed E-state index contributed by atoms with van der Waals surface area (Å²) in [6.45, 7) is 2.23. The molecule has 2 aromatic carbocycles. The first-order valence-electron chi connectivity index (χ1n) is 5.50. The van der Waals surface area contributed by atoms with Gasteiger partial charge in [0.25, 0.3) is 0 Å². The smallest absolute Gasteiger partial charge is 0.137 e. The van der Waals surface area contributed by atoms with Gasteiger partial charge in [-0.3, -0.25) is 0 Å². The normalized spacial score (nSPS) is 10.4. The Balaban J connectivity index is 2.16. The minimum atomic E-state index is -0.291. The number of aryl methyl sites for hydroxylation is 1. The molecule has 4 heteroatoms. The number of benzene rings is 2. The van der Waals surface area contributed by atoms with Gasteiger partial charge in [0, 0.05) is 17.3 Å². The van der Waals surface area contributed by atoms with Crippen molar-refractivity contribution in [2.75, 3.05) is 5.73 Å². The number of nitrogens with two attached hydrogens (primary N) is 1. The van der Waals surface area contributed by atoms with Crippen LogP contribution in [0.2, 0.25) is 0 Å². The SMILES string of the molecule is Cc1ccc(N)cc1OCc1cccc(F)c1Br. The molecule has 0 aliphatic carbocycles. The number of hydrogen-bond acceptors (Lipinski definition) is 2. The summed E-state index contributed by atoms with van der Waals surface area (Å²) in [6.07, 6.45) is 0. The second kappa shape index (κ2) is 5.40. The molecule has 0 heterocycles. The number of anilines is 1. The van der Waals surface area contributed by atoms with E-state index in [-0.39, 0.29) is 5.82 Å². The molecule has 0 saturated carbocycles. The highest BCUT2D eigenvalue weighted by Crippen LogP contribution is 2.25. The Morgan fingerprint density at radius 3 is 2.83 bits per heavy atom. The molecule has 0 aliphatic heterocycles. The Bertz CT molecular complexity index is 570. The molecule has 0 fully saturated rings. The van der Waals surface area contributed by atoms with Crippen LogP contribution in [0.5, 0.6) is 5.75 Å². The van der Waals surface area contributed by atoms with Gasteiger partial charge in [0.05, 0.1) is 4.47 Å². The van der Waals surface area contributed by atoms with E-state index in [1.165, 1.54) is 6.07 Å². The van der Waals surface area contributed by atoms with Gasteiger partial charge in [0.2, 0.25) is 0 Å². The van der Waals surface area contributed by atoms with Gasteiger partial charge in [0.15, 0.2) is 0 Å². The molecule has 94 valence electrons. The minimum absolute atomic E-state index is 0.291. The Hall–Kier alpha value is -1.55. The van der Waals surface area contributed by atoms with Crippen molar-refractivity contribution >= 4 is 21.6 Å². The first-order valence-corrected chi connectivity index (χ1v) is 6.29. The molecule has 0 aliphatic rings. The standard InChI is InChI=1S/C14H13BrFNO/c1-9-5-6-11(17)7-13(9)18-8-10-3-2-4-12(16)14(10)15/h2-7H,8,17H2,1H3. The monoisotopic (exact) mass is 309 g/mol. The summed E-state index contributed by atoms with van der Waals surface area (Å²) >= 11 is 3.21. The predicted molar refractivity (Wildman–Crippen MR) is 74.0 cm³/mol. The van der Waals surface area contributed by atoms with Crippen LogP contribution in [0, 0.1) is 12.7 Å². The van der Waals surface area contributed by atoms with E-state index in [0.717, 1.165) is 11.1 Å². The topological polar surface area (TPSA) is 35.2 Å². The van der Waals surface area contributed by atoms with Gasteiger partial charge in [-0.05, 0) is 40.5 Å². The fourth-order valence-corrected chi connectivity index (χ4v) is 1.97. The van der Waals surface area contributed by atoms with Crippen LogP contribution < -0.4 is 10.5 Å². The summed E-state index contributed by atoms with van der Waals surface area (Å²) in [5.41, 5.74) is 8.11. The van der Waals surface area contributed by atoms with Crippen molar-refractivity contribution in [2.24, 2.45) is 0 Å². The highest BCUT2D eigenvalue weighted by atomic mass is 79.9. The lowest BCUT2D eigenvalue weighted by Crippen LogP contribution is -1.99. The van der Waals surface area contributed by atoms with E-state index < -0.39 is 0 Å². The zero-order valence-electron chi connectivity index (χ0n) is 9.91. The summed E-state index contributed by atoms with van der Waals surface area (Å²) in [6, 6.07) is 10.4. The van der Waals surface area contributed by atoms with Crippen LogP contribution in [-0.4, -0.2) is 0 Å². The van der Waals surface area contributed by atoms with E-state index in [2.05, 4.69) is 15.9 Å². The molecule has 2 N–H and O–H groups in total. The second-order valence-electron chi connectivity index (χ2n) is 4.03. The molecule has 18 heavy (non-hydrogen) atoms. The lowest BCUT2D eigenvalue weighted by Gasteiger charge is -2.11. The van der Waals surface area contributed by atoms with Gasteiger partial charge in [-0.25, -0.2) is 4.39 Å². The lowest BCUT2D eigenvalue weighted by atomic mass is 10.2. The first kappa shape index (κ1) is 12.9. The molecular weight excluding hydrogens is 297 g/mol. The Labute approximate surface area is 114 Å². The van der Waals surface area contributed by atoms with Crippen LogP contribution >= 0.6 is 15.9 Å². The first-order chi connectivity index (χ1) is 8.58. The number of halogens is 2. The van der Waals surface area contributed by atoms with Crippen LogP contribution in [-0.2, 0) is 6.61 Å². The van der Waals surface area contributed by atoms with Crippen molar-refractivity contribution in [2.45, 2.75) is 13.5 Å². The molecule has 0 aromatic heterocycles. The average Bonchev–Trinajstić information content (AvgIpc) is 2.35. The van der Waals surface area contributed by atoms with Crippen molar-refractivity contribution in [1.29, 1.82) is 0 Å². The van der Waals surface area contributed by atoms with Crippen molar-refractivity contribution < 1.29 is 9.13 Å². The minimum Gasteiger partial charge on any atom is -0.489 e. The third-order valence-corrected chi connectivity index (χ3v) is 3.52. The van der Waals surface area contributed by atoms with Gasteiger partial charge >= 0.3 is 0 Å². The van der Waals surface area contributed by atoms with Crippen LogP contribution in [0.4, 0.5) is 10.1 Å². The summed E-state index contributed by atoms with van der Waals surface area (Å²) in [7, 11) is 0. The maximum absolute atomic E-state index is 13.3. The summed E-state index contributed by atoms with van der Waals surface area (Å²) < 4.78 is 19.4. The van der Waals surface area contributed by atoms with Crippen LogP contribution in [0.3, 0.4) is 0 Å². The van der Waals surface area contributed by atoms with Gasteiger partial charge in [-0.2, -0.15) is 0 Å². The highest BCUT2D eigenvalue weighted by Gasteiger charge is 2.07. The van der Waals surface area contributed by atoms with Crippen molar-refractivity contribution in [3.8, 4) is 5.75 Å². The fourth-order valence-electron chi connectivity index (χ4n) is 1.59. The second-order valence-corrected chi connectivity index (χ2v) is 4.82. The van der Waals surface area contributed by atoms with E-state index in [4.69, 9.17) is 10.5 Å². The number of ether oxygens (including phenoxy) is 1. The molecule has 2 nitrogen and oxygen atoms in total. The van der Waals surface area contributed by atoms with Crippen LogP contribution in [0.15, 0.2) is 40.9 Å². The third-order valence-electron chi connectivity index (χ3n) is 2.63. The quantitative estimate of drug-likeness (QED) is 0.868. The summed E-state index contributed by atoms with van der Waals surface area (Å²) in [5, 5.41) is 0. The van der Waals surface area contributed by atoms with Crippen molar-refractivity contribution in [1.82, 2.24) is 0 Å². The molecule has 0 radical (unpaired) electrons. The van der Waals surface area contributed by atoms with Crippen molar-refractivity contribution in [3.63, 3.8) is 0 Å². The molecule has 0 bridgehead atoms. The molecule has 2 aromatic rings. The predicted octanol–water partition coefficient (Wildman–Crippen LogP) is 4.06. The molecule has 0 saturated heterocycles. The zero-order valence-corrected chi connectivity index (χ0v) is 11.5. The van der Waals surface area contributed by atoms with E-state index in [0.29, 0.717) is 22.5 Å². The van der Waals surface area contributed by atoms with E-state index in [1.807, 2.05) is 25.1 Å². The molecule has 0 spiro atoms. The fraction of sp³-hybridized carbons (Fsp3) is 0.143. The van der Waals surface area contributed by atoms with Gasteiger partial charge < -0.3 is 10.5 Å². The maximum atomic E-state index is 13.3. The van der Waals surface area contributed by atoms with Crippen molar-refractivity contribution in [3.05, 3.63) is 57.8 Å². The van der Waals surface area contributed by atoms with Crippen LogP contribution in [0.1, 0.15) is 11.1 Å². The average molecular weight is 310 g/mol. The van der Waals surface area contributed by atoms with Crippen LogP contribution in [0.25, 0.3) is 0 Å². The Morgan fingerprint density at radius 2 is 2.06 bits per heavy atom. The largest absolute Gasteiger partial charge is 0.489 e.